The molecular weight excluding hydrogens is 182 g/mol. The largest absolute Gasteiger partial charge is 0.462 e. The van der Waals surface area contributed by atoms with Crippen molar-refractivity contribution in [3.63, 3.8) is 0 Å². The smallest absolute Gasteiger partial charge is 0.326 e. The van der Waals surface area contributed by atoms with Crippen molar-refractivity contribution in [3.8, 4) is 0 Å². The zero-order valence-electron chi connectivity index (χ0n) is 9.57. The van der Waals surface area contributed by atoms with E-state index >= 15 is 0 Å². The van der Waals surface area contributed by atoms with Crippen LogP contribution in [-0.4, -0.2) is 35.4 Å². The van der Waals surface area contributed by atoms with Crippen LogP contribution >= 0.6 is 0 Å². The van der Waals surface area contributed by atoms with Gasteiger partial charge in [-0.2, -0.15) is 0 Å². The predicted molar refractivity (Wildman–Crippen MR) is 55.0 cm³/mol. The van der Waals surface area contributed by atoms with Gasteiger partial charge in [0.15, 0.2) is 0 Å². The number of carbonyl (C=O) groups excluding carboxylic acids is 1. The third kappa shape index (κ3) is 5.19. The number of aliphatic hydroxyl groups excluding tert-OH is 1. The number of esters is 1. The summed E-state index contributed by atoms with van der Waals surface area (Å²) in [7, 11) is 0. The van der Waals surface area contributed by atoms with Gasteiger partial charge in [-0.3, -0.25) is 4.79 Å². The molecule has 0 saturated heterocycles. The first kappa shape index (κ1) is 13.4. The summed E-state index contributed by atoms with van der Waals surface area (Å²) in [5, 5.41) is 12.3. The van der Waals surface area contributed by atoms with E-state index in [9.17, 15) is 9.90 Å². The van der Waals surface area contributed by atoms with Crippen LogP contribution in [0.25, 0.3) is 0 Å². The van der Waals surface area contributed by atoms with Gasteiger partial charge in [0.25, 0.3) is 0 Å². The molecule has 0 saturated carbocycles. The van der Waals surface area contributed by atoms with E-state index in [1.54, 1.807) is 20.8 Å². The molecule has 2 atom stereocenters. The van der Waals surface area contributed by atoms with Crippen LogP contribution in [-0.2, 0) is 9.53 Å². The molecule has 0 amide bonds. The standard InChI is InChI=1S/C10H21NO3/c1-6(2)11-9(8(5)12)10(13)14-7(3)4/h6-9,11-12H,1-5H3/t8-,9?/m1/s1. The first-order chi connectivity index (χ1) is 6.34. The number of nitrogens with one attached hydrogen (secondary N) is 1. The third-order valence-electron chi connectivity index (χ3n) is 1.60. The van der Waals surface area contributed by atoms with Crippen LogP contribution in [0.1, 0.15) is 34.6 Å². The number of hydrogen-bond acceptors (Lipinski definition) is 4. The number of aliphatic hydroxyl groups is 1. The highest BCUT2D eigenvalue weighted by atomic mass is 16.5. The molecule has 0 heterocycles. The van der Waals surface area contributed by atoms with Crippen LogP contribution < -0.4 is 5.32 Å². The molecule has 0 aromatic carbocycles. The van der Waals surface area contributed by atoms with Crippen molar-refractivity contribution in [1.82, 2.24) is 5.32 Å². The molecule has 1 unspecified atom stereocenters. The maximum Gasteiger partial charge on any atom is 0.326 e. The summed E-state index contributed by atoms with van der Waals surface area (Å²) in [6.45, 7) is 8.97. The van der Waals surface area contributed by atoms with Gasteiger partial charge < -0.3 is 15.2 Å². The van der Waals surface area contributed by atoms with Crippen molar-refractivity contribution in [1.29, 1.82) is 0 Å². The Labute approximate surface area is 85.6 Å². The number of carbonyl (C=O) groups is 1. The van der Waals surface area contributed by atoms with Crippen molar-refractivity contribution in [2.45, 2.75) is 58.9 Å². The SMILES string of the molecule is CC(C)NC(C(=O)OC(C)C)[C@@H](C)O. The number of ether oxygens (including phenoxy) is 1. The molecule has 0 aliphatic rings. The zero-order valence-corrected chi connectivity index (χ0v) is 9.57. The minimum Gasteiger partial charge on any atom is -0.462 e. The van der Waals surface area contributed by atoms with Crippen LogP contribution in [0, 0.1) is 0 Å². The van der Waals surface area contributed by atoms with Gasteiger partial charge in [-0.25, -0.2) is 0 Å². The topological polar surface area (TPSA) is 58.6 Å². The fourth-order valence-corrected chi connectivity index (χ4v) is 1.07. The highest BCUT2D eigenvalue weighted by Gasteiger charge is 2.26. The summed E-state index contributed by atoms with van der Waals surface area (Å²) in [4.78, 5) is 11.5. The van der Waals surface area contributed by atoms with Crippen molar-refractivity contribution in [2.24, 2.45) is 0 Å². The summed E-state index contributed by atoms with van der Waals surface area (Å²) >= 11 is 0. The van der Waals surface area contributed by atoms with Gasteiger partial charge in [-0.05, 0) is 20.8 Å². The monoisotopic (exact) mass is 203 g/mol. The fraction of sp³-hybridized carbons (Fsp3) is 0.900. The average molecular weight is 203 g/mol. The maximum atomic E-state index is 11.5. The lowest BCUT2D eigenvalue weighted by Gasteiger charge is -2.23. The number of rotatable bonds is 5. The normalized spacial score (nSPS) is 15.7. The minimum absolute atomic E-state index is 0.134. The minimum atomic E-state index is -0.747. The molecule has 0 radical (unpaired) electrons. The number of hydrogen-bond donors (Lipinski definition) is 2. The molecule has 4 nitrogen and oxygen atoms in total. The molecule has 0 fully saturated rings. The van der Waals surface area contributed by atoms with Crippen LogP contribution in [0.5, 0.6) is 0 Å². The van der Waals surface area contributed by atoms with E-state index in [1.807, 2.05) is 13.8 Å². The van der Waals surface area contributed by atoms with Crippen LogP contribution in [0.3, 0.4) is 0 Å². The van der Waals surface area contributed by atoms with E-state index < -0.39 is 18.1 Å². The molecule has 0 rings (SSSR count). The molecule has 0 spiro atoms. The lowest BCUT2D eigenvalue weighted by molar-refractivity contribution is -0.153. The molecule has 0 aromatic rings. The molecule has 84 valence electrons. The van der Waals surface area contributed by atoms with E-state index in [-0.39, 0.29) is 12.1 Å². The van der Waals surface area contributed by atoms with Crippen molar-refractivity contribution in [3.05, 3.63) is 0 Å². The van der Waals surface area contributed by atoms with E-state index in [1.165, 1.54) is 0 Å². The second-order valence-corrected chi connectivity index (χ2v) is 4.03. The second-order valence-electron chi connectivity index (χ2n) is 4.03. The summed E-state index contributed by atoms with van der Waals surface area (Å²) in [5.41, 5.74) is 0. The summed E-state index contributed by atoms with van der Waals surface area (Å²) in [5.74, 6) is -0.399. The Bertz CT molecular complexity index is 178. The Hall–Kier alpha value is -0.610. The van der Waals surface area contributed by atoms with Gasteiger partial charge >= 0.3 is 5.97 Å². The van der Waals surface area contributed by atoms with Gasteiger partial charge in [-0.15, -0.1) is 0 Å². The molecular formula is C10H21NO3. The highest BCUT2D eigenvalue weighted by molar-refractivity contribution is 5.76. The quantitative estimate of drug-likeness (QED) is 0.645. The van der Waals surface area contributed by atoms with Crippen molar-refractivity contribution in [2.75, 3.05) is 0 Å². The molecule has 0 aromatic heterocycles. The molecule has 0 aliphatic heterocycles. The van der Waals surface area contributed by atoms with Crippen LogP contribution in [0.15, 0.2) is 0 Å². The lowest BCUT2D eigenvalue weighted by atomic mass is 10.1. The Morgan fingerprint density at radius 2 is 1.71 bits per heavy atom. The van der Waals surface area contributed by atoms with Crippen LogP contribution in [0.2, 0.25) is 0 Å². The first-order valence-electron chi connectivity index (χ1n) is 4.99. The van der Waals surface area contributed by atoms with Crippen molar-refractivity contribution < 1.29 is 14.6 Å². The molecule has 14 heavy (non-hydrogen) atoms. The van der Waals surface area contributed by atoms with Crippen LogP contribution in [0.4, 0.5) is 0 Å². The molecule has 0 aliphatic carbocycles. The summed E-state index contributed by atoms with van der Waals surface area (Å²) in [6.07, 6.45) is -0.902. The molecule has 4 heteroatoms. The lowest BCUT2D eigenvalue weighted by Crippen LogP contribution is -2.49. The van der Waals surface area contributed by atoms with E-state index in [0.29, 0.717) is 0 Å². The van der Waals surface area contributed by atoms with Gasteiger partial charge in [0.1, 0.15) is 6.04 Å². The summed E-state index contributed by atoms with van der Waals surface area (Å²) < 4.78 is 5.01. The van der Waals surface area contributed by atoms with E-state index in [0.717, 1.165) is 0 Å². The Balaban J connectivity index is 4.26. The Kier molecular flexibility index (Phi) is 5.72. The fourth-order valence-electron chi connectivity index (χ4n) is 1.07. The highest BCUT2D eigenvalue weighted by Crippen LogP contribution is 2.01. The van der Waals surface area contributed by atoms with E-state index in [4.69, 9.17) is 4.74 Å². The summed E-state index contributed by atoms with van der Waals surface area (Å²) in [6, 6.07) is -0.508. The maximum absolute atomic E-state index is 11.5. The Morgan fingerprint density at radius 1 is 1.21 bits per heavy atom. The van der Waals surface area contributed by atoms with Gasteiger partial charge in [0.2, 0.25) is 0 Å². The zero-order chi connectivity index (χ0) is 11.3. The second kappa shape index (κ2) is 5.98. The first-order valence-corrected chi connectivity index (χ1v) is 4.99. The van der Waals surface area contributed by atoms with E-state index in [2.05, 4.69) is 5.32 Å². The Morgan fingerprint density at radius 3 is 2.00 bits per heavy atom. The third-order valence-corrected chi connectivity index (χ3v) is 1.60. The average Bonchev–Trinajstić information content (AvgIpc) is 1.97. The van der Waals surface area contributed by atoms with Gasteiger partial charge in [0.05, 0.1) is 12.2 Å². The van der Waals surface area contributed by atoms with Gasteiger partial charge in [0, 0.05) is 6.04 Å². The molecule has 0 bridgehead atoms. The van der Waals surface area contributed by atoms with Gasteiger partial charge in [-0.1, -0.05) is 13.8 Å². The predicted octanol–water partition coefficient (Wildman–Crippen LogP) is 0.685. The molecule has 2 N–H and O–H groups in total. The van der Waals surface area contributed by atoms with Crippen molar-refractivity contribution >= 4 is 5.97 Å².